The second-order valence-electron chi connectivity index (χ2n) is 7.80. The molecule has 2 unspecified atom stereocenters. The Morgan fingerprint density at radius 1 is 0.893 bits per heavy atom. The van der Waals surface area contributed by atoms with Crippen LogP contribution in [0.25, 0.3) is 0 Å². The molecule has 4 rings (SSSR count). The first-order chi connectivity index (χ1) is 13.7. The maximum atomic E-state index is 12.9. The number of fused-ring (bicyclic) bond motifs is 2. The predicted molar refractivity (Wildman–Crippen MR) is 109 cm³/mol. The Labute approximate surface area is 166 Å². The molecule has 0 spiro atoms. The quantitative estimate of drug-likeness (QED) is 0.853. The van der Waals surface area contributed by atoms with Gasteiger partial charge < -0.3 is 15.5 Å². The number of rotatable bonds is 4. The minimum absolute atomic E-state index is 0.0198. The molecule has 2 atom stereocenters. The van der Waals surface area contributed by atoms with Crippen LogP contribution in [0.4, 0.5) is 4.79 Å². The molecule has 2 aliphatic rings. The van der Waals surface area contributed by atoms with Gasteiger partial charge >= 0.3 is 6.03 Å². The number of carbonyl (C=O) groups is 2. The Hall–Kier alpha value is -2.82. The van der Waals surface area contributed by atoms with E-state index in [2.05, 4.69) is 10.6 Å². The Balaban J connectivity index is 1.36. The number of urea groups is 1. The molecule has 2 saturated heterocycles. The van der Waals surface area contributed by atoms with Crippen LogP contribution in [0.1, 0.15) is 48.0 Å². The monoisotopic (exact) mass is 377 g/mol. The van der Waals surface area contributed by atoms with Gasteiger partial charge in [0, 0.05) is 30.2 Å². The molecule has 0 radical (unpaired) electrons. The number of nitrogens with zero attached hydrogens (tertiary/aromatic N) is 1. The zero-order valence-corrected chi connectivity index (χ0v) is 16.0. The van der Waals surface area contributed by atoms with E-state index in [1.54, 1.807) is 0 Å². The summed E-state index contributed by atoms with van der Waals surface area (Å²) in [6, 6.07) is 19.9. The van der Waals surface area contributed by atoms with Gasteiger partial charge in [0.2, 0.25) is 0 Å². The van der Waals surface area contributed by atoms with Crippen molar-refractivity contribution in [3.8, 4) is 0 Å². The fourth-order valence-electron chi connectivity index (χ4n) is 4.55. The van der Waals surface area contributed by atoms with E-state index in [4.69, 9.17) is 0 Å². The molecule has 2 aromatic carbocycles. The lowest BCUT2D eigenvalue weighted by molar-refractivity contribution is 0.0522. The molecule has 2 aromatic rings. The Morgan fingerprint density at radius 2 is 1.50 bits per heavy atom. The molecule has 5 heteroatoms. The van der Waals surface area contributed by atoms with E-state index < -0.39 is 0 Å². The fraction of sp³-hybridized carbons (Fsp3) is 0.391. The second kappa shape index (κ2) is 8.46. The SMILES string of the molecule is O=C(NC1CC2CCCC(C1)N2C(=O)NCc1ccccc1)c1ccccc1. The average Bonchev–Trinajstić information content (AvgIpc) is 2.73. The minimum Gasteiger partial charge on any atom is -0.349 e. The third-order valence-electron chi connectivity index (χ3n) is 5.87. The molecule has 0 aromatic heterocycles. The molecule has 5 nitrogen and oxygen atoms in total. The van der Waals surface area contributed by atoms with Crippen LogP contribution in [0, 0.1) is 0 Å². The highest BCUT2D eigenvalue weighted by Crippen LogP contribution is 2.34. The highest BCUT2D eigenvalue weighted by atomic mass is 16.2. The third-order valence-corrected chi connectivity index (χ3v) is 5.87. The number of nitrogens with one attached hydrogen (secondary N) is 2. The lowest BCUT2D eigenvalue weighted by atomic mass is 9.82. The Bertz CT molecular complexity index is 795. The molecule has 28 heavy (non-hydrogen) atoms. The maximum Gasteiger partial charge on any atom is 0.318 e. The molecule has 3 amide bonds. The molecule has 2 bridgehead atoms. The van der Waals surface area contributed by atoms with E-state index in [9.17, 15) is 9.59 Å². The van der Waals surface area contributed by atoms with Crippen LogP contribution in [0.5, 0.6) is 0 Å². The number of benzene rings is 2. The maximum absolute atomic E-state index is 12.9. The van der Waals surface area contributed by atoms with E-state index in [0.29, 0.717) is 12.1 Å². The molecular formula is C23H27N3O2. The normalized spacial score (nSPS) is 23.7. The van der Waals surface area contributed by atoms with Crippen LogP contribution in [0.3, 0.4) is 0 Å². The Kier molecular flexibility index (Phi) is 5.60. The summed E-state index contributed by atoms with van der Waals surface area (Å²) < 4.78 is 0. The number of hydrogen-bond acceptors (Lipinski definition) is 2. The van der Waals surface area contributed by atoms with Crippen molar-refractivity contribution < 1.29 is 9.59 Å². The summed E-state index contributed by atoms with van der Waals surface area (Å²) >= 11 is 0. The standard InChI is InChI=1S/C23H27N3O2/c27-22(18-10-5-2-6-11-18)25-19-14-20-12-7-13-21(15-19)26(20)23(28)24-16-17-8-3-1-4-9-17/h1-6,8-11,19-21H,7,12-16H2,(H,24,28)(H,25,27). The number of hydrogen-bond donors (Lipinski definition) is 2. The number of amides is 3. The van der Waals surface area contributed by atoms with Crippen LogP contribution in [0.2, 0.25) is 0 Å². The van der Waals surface area contributed by atoms with Crippen molar-refractivity contribution in [2.45, 2.75) is 56.8 Å². The van der Waals surface area contributed by atoms with Crippen LogP contribution in [0.15, 0.2) is 60.7 Å². The summed E-state index contributed by atoms with van der Waals surface area (Å²) in [6.45, 7) is 0.545. The van der Waals surface area contributed by atoms with Crippen molar-refractivity contribution in [1.82, 2.24) is 15.5 Å². The molecule has 2 fully saturated rings. The van der Waals surface area contributed by atoms with E-state index in [1.807, 2.05) is 65.6 Å². The van der Waals surface area contributed by atoms with Crippen LogP contribution >= 0.6 is 0 Å². The number of piperidine rings is 2. The van der Waals surface area contributed by atoms with Gasteiger partial charge in [-0.2, -0.15) is 0 Å². The highest BCUT2D eigenvalue weighted by molar-refractivity contribution is 5.94. The summed E-state index contributed by atoms with van der Waals surface area (Å²) in [6.07, 6.45) is 4.82. The third kappa shape index (κ3) is 4.19. The highest BCUT2D eigenvalue weighted by Gasteiger charge is 2.41. The van der Waals surface area contributed by atoms with Gasteiger partial charge in [0.25, 0.3) is 5.91 Å². The van der Waals surface area contributed by atoms with E-state index in [1.165, 1.54) is 0 Å². The molecule has 0 aliphatic carbocycles. The average molecular weight is 377 g/mol. The predicted octanol–water partition coefficient (Wildman–Crippen LogP) is 3.71. The summed E-state index contributed by atoms with van der Waals surface area (Å²) in [5.41, 5.74) is 1.79. The van der Waals surface area contributed by atoms with Crippen molar-refractivity contribution in [1.29, 1.82) is 0 Å². The second-order valence-corrected chi connectivity index (χ2v) is 7.80. The van der Waals surface area contributed by atoms with Gasteiger partial charge in [0.1, 0.15) is 0 Å². The lowest BCUT2D eigenvalue weighted by Crippen LogP contribution is -2.60. The van der Waals surface area contributed by atoms with Gasteiger partial charge in [-0.25, -0.2) is 4.79 Å². The zero-order chi connectivity index (χ0) is 19.3. The minimum atomic E-state index is -0.0225. The first kappa shape index (κ1) is 18.5. The van der Waals surface area contributed by atoms with Crippen LogP contribution in [-0.2, 0) is 6.54 Å². The van der Waals surface area contributed by atoms with Crippen molar-refractivity contribution >= 4 is 11.9 Å². The van der Waals surface area contributed by atoms with Gasteiger partial charge in [-0.05, 0) is 49.8 Å². The van der Waals surface area contributed by atoms with Crippen molar-refractivity contribution in [2.75, 3.05) is 0 Å². The summed E-state index contributed by atoms with van der Waals surface area (Å²) in [5, 5.41) is 6.26. The smallest absolute Gasteiger partial charge is 0.318 e. The van der Waals surface area contributed by atoms with Gasteiger partial charge in [-0.15, -0.1) is 0 Å². The van der Waals surface area contributed by atoms with Crippen molar-refractivity contribution in [2.24, 2.45) is 0 Å². The lowest BCUT2D eigenvalue weighted by Gasteiger charge is -2.48. The van der Waals surface area contributed by atoms with Crippen LogP contribution < -0.4 is 10.6 Å². The molecule has 2 aliphatic heterocycles. The molecule has 2 N–H and O–H groups in total. The first-order valence-electron chi connectivity index (χ1n) is 10.2. The van der Waals surface area contributed by atoms with Crippen molar-refractivity contribution in [3.63, 3.8) is 0 Å². The van der Waals surface area contributed by atoms with Crippen molar-refractivity contribution in [3.05, 3.63) is 71.8 Å². The molecule has 2 heterocycles. The topological polar surface area (TPSA) is 61.4 Å². The molecular weight excluding hydrogens is 350 g/mol. The summed E-state index contributed by atoms with van der Waals surface area (Å²) in [4.78, 5) is 27.4. The van der Waals surface area contributed by atoms with Gasteiger partial charge in [-0.1, -0.05) is 48.5 Å². The molecule has 146 valence electrons. The Morgan fingerprint density at radius 3 is 2.14 bits per heavy atom. The summed E-state index contributed by atoms with van der Waals surface area (Å²) in [5.74, 6) is -0.0225. The van der Waals surface area contributed by atoms with E-state index in [-0.39, 0.29) is 30.1 Å². The number of carbonyl (C=O) groups excluding carboxylic acids is 2. The van der Waals surface area contributed by atoms with Gasteiger partial charge in [-0.3, -0.25) is 4.79 Å². The van der Waals surface area contributed by atoms with Gasteiger partial charge in [0.15, 0.2) is 0 Å². The van der Waals surface area contributed by atoms with E-state index >= 15 is 0 Å². The van der Waals surface area contributed by atoms with Gasteiger partial charge in [0.05, 0.1) is 0 Å². The van der Waals surface area contributed by atoms with E-state index in [0.717, 1.165) is 37.7 Å². The fourth-order valence-corrected chi connectivity index (χ4v) is 4.55. The zero-order valence-electron chi connectivity index (χ0n) is 16.0. The first-order valence-corrected chi connectivity index (χ1v) is 10.2. The summed E-state index contributed by atoms with van der Waals surface area (Å²) in [7, 11) is 0. The van der Waals surface area contributed by atoms with Crippen LogP contribution in [-0.4, -0.2) is 35.0 Å². The largest absolute Gasteiger partial charge is 0.349 e. The molecule has 0 saturated carbocycles.